The van der Waals surface area contributed by atoms with Gasteiger partial charge in [-0.2, -0.15) is 0 Å². The van der Waals surface area contributed by atoms with Crippen LogP contribution in [-0.4, -0.2) is 13.1 Å². The number of hydrogen-bond donors (Lipinski definition) is 0. The Morgan fingerprint density at radius 3 is 2.43 bits per heavy atom. The van der Waals surface area contributed by atoms with Gasteiger partial charge in [-0.05, 0) is 42.2 Å². The number of methoxy groups -OCH3 is 1. The van der Waals surface area contributed by atoms with E-state index in [2.05, 4.69) is 0 Å². The van der Waals surface area contributed by atoms with Gasteiger partial charge in [0.25, 0.3) is 0 Å². The predicted octanol–water partition coefficient (Wildman–Crippen LogP) is 3.60. The first kappa shape index (κ1) is 15.1. The van der Waals surface area contributed by atoms with Crippen molar-refractivity contribution in [2.24, 2.45) is 0 Å². The summed E-state index contributed by atoms with van der Waals surface area (Å²) < 4.78 is 10.6. The number of rotatable bonds is 5. The van der Waals surface area contributed by atoms with E-state index in [1.807, 2.05) is 56.3 Å². The van der Waals surface area contributed by atoms with Crippen molar-refractivity contribution in [2.45, 2.75) is 26.9 Å². The number of carbonyl (C=O) groups excluding carboxylic acids is 1. The van der Waals surface area contributed by atoms with E-state index in [-0.39, 0.29) is 12.4 Å². The van der Waals surface area contributed by atoms with Crippen LogP contribution in [0.25, 0.3) is 0 Å². The Balaban J connectivity index is 2.17. The van der Waals surface area contributed by atoms with Crippen LogP contribution in [0.4, 0.5) is 0 Å². The Labute approximate surface area is 125 Å². The van der Waals surface area contributed by atoms with E-state index < -0.39 is 0 Å². The third-order valence-corrected chi connectivity index (χ3v) is 3.57. The molecule has 0 heterocycles. The molecule has 3 nitrogen and oxygen atoms in total. The van der Waals surface area contributed by atoms with Crippen molar-refractivity contribution >= 4 is 5.97 Å². The fraction of sp³-hybridized carbons (Fsp3) is 0.278. The van der Waals surface area contributed by atoms with Crippen molar-refractivity contribution in [1.29, 1.82) is 0 Å². The summed E-state index contributed by atoms with van der Waals surface area (Å²) >= 11 is 0. The molecule has 0 bridgehead atoms. The van der Waals surface area contributed by atoms with Crippen LogP contribution in [0.1, 0.15) is 22.3 Å². The van der Waals surface area contributed by atoms with Gasteiger partial charge in [-0.25, -0.2) is 0 Å². The number of carbonyl (C=O) groups is 1. The van der Waals surface area contributed by atoms with Crippen molar-refractivity contribution in [3.05, 3.63) is 64.7 Å². The summed E-state index contributed by atoms with van der Waals surface area (Å²) in [4.78, 5) is 11.5. The second-order valence-electron chi connectivity index (χ2n) is 5.01. The van der Waals surface area contributed by atoms with Gasteiger partial charge in [-0.1, -0.05) is 36.4 Å². The van der Waals surface area contributed by atoms with Crippen LogP contribution in [-0.2, 0) is 22.6 Å². The topological polar surface area (TPSA) is 35.5 Å². The monoisotopic (exact) mass is 284 g/mol. The number of ether oxygens (including phenoxy) is 2. The van der Waals surface area contributed by atoms with E-state index in [1.165, 1.54) is 7.11 Å². The lowest BCUT2D eigenvalue weighted by Gasteiger charge is -2.14. The van der Waals surface area contributed by atoms with Crippen LogP contribution in [0.2, 0.25) is 0 Å². The van der Waals surface area contributed by atoms with E-state index in [4.69, 9.17) is 9.47 Å². The summed E-state index contributed by atoms with van der Waals surface area (Å²) in [5.41, 5.74) is 4.17. The molecular formula is C18H20O3. The minimum Gasteiger partial charge on any atom is -0.489 e. The van der Waals surface area contributed by atoms with Gasteiger partial charge in [0.15, 0.2) is 0 Å². The average molecular weight is 284 g/mol. The van der Waals surface area contributed by atoms with Crippen molar-refractivity contribution < 1.29 is 14.3 Å². The number of esters is 1. The van der Waals surface area contributed by atoms with Gasteiger partial charge in [-0.3, -0.25) is 4.79 Å². The number of benzene rings is 2. The van der Waals surface area contributed by atoms with Crippen LogP contribution in [0.3, 0.4) is 0 Å². The maximum absolute atomic E-state index is 11.5. The molecule has 2 aromatic carbocycles. The Kier molecular flexibility index (Phi) is 4.99. The first-order valence-corrected chi connectivity index (χ1v) is 6.94. The largest absolute Gasteiger partial charge is 0.489 e. The highest BCUT2D eigenvalue weighted by Crippen LogP contribution is 2.26. The molecule has 2 rings (SSSR count). The maximum atomic E-state index is 11.5. The van der Waals surface area contributed by atoms with E-state index in [0.717, 1.165) is 28.0 Å². The molecule has 3 heteroatoms. The quantitative estimate of drug-likeness (QED) is 0.787. The molecule has 0 radical (unpaired) electrons. The van der Waals surface area contributed by atoms with Gasteiger partial charge in [0, 0.05) is 0 Å². The molecule has 0 aliphatic carbocycles. The summed E-state index contributed by atoms with van der Waals surface area (Å²) in [6.07, 6.45) is 0.275. The third-order valence-electron chi connectivity index (χ3n) is 3.57. The van der Waals surface area contributed by atoms with Crippen molar-refractivity contribution in [3.63, 3.8) is 0 Å². The van der Waals surface area contributed by atoms with Gasteiger partial charge < -0.3 is 9.47 Å². The van der Waals surface area contributed by atoms with E-state index in [0.29, 0.717) is 6.61 Å². The highest BCUT2D eigenvalue weighted by atomic mass is 16.5. The molecule has 0 atom stereocenters. The third kappa shape index (κ3) is 3.85. The average Bonchev–Trinajstić information content (AvgIpc) is 2.51. The SMILES string of the molecule is COC(=O)Cc1c(C)ccc(OCc2ccccc2)c1C. The van der Waals surface area contributed by atoms with Crippen LogP contribution >= 0.6 is 0 Å². The molecule has 0 aliphatic rings. The summed E-state index contributed by atoms with van der Waals surface area (Å²) in [7, 11) is 1.41. The molecule has 110 valence electrons. The van der Waals surface area contributed by atoms with Crippen molar-refractivity contribution in [2.75, 3.05) is 7.11 Å². The first-order chi connectivity index (χ1) is 10.1. The molecular weight excluding hydrogens is 264 g/mol. The molecule has 0 aromatic heterocycles. The normalized spacial score (nSPS) is 10.2. The minimum absolute atomic E-state index is 0.235. The lowest BCUT2D eigenvalue weighted by atomic mass is 9.99. The van der Waals surface area contributed by atoms with E-state index in [9.17, 15) is 4.79 Å². The fourth-order valence-electron chi connectivity index (χ4n) is 2.25. The highest BCUT2D eigenvalue weighted by molar-refractivity contribution is 5.74. The zero-order chi connectivity index (χ0) is 15.2. The van der Waals surface area contributed by atoms with Crippen LogP contribution in [0.5, 0.6) is 5.75 Å². The zero-order valence-electron chi connectivity index (χ0n) is 12.7. The lowest BCUT2D eigenvalue weighted by molar-refractivity contribution is -0.139. The van der Waals surface area contributed by atoms with Crippen molar-refractivity contribution in [1.82, 2.24) is 0 Å². The Morgan fingerprint density at radius 1 is 1.05 bits per heavy atom. The number of hydrogen-bond acceptors (Lipinski definition) is 3. The highest BCUT2D eigenvalue weighted by Gasteiger charge is 2.12. The van der Waals surface area contributed by atoms with Crippen molar-refractivity contribution in [3.8, 4) is 5.75 Å². The zero-order valence-corrected chi connectivity index (χ0v) is 12.7. The van der Waals surface area contributed by atoms with Crippen LogP contribution < -0.4 is 4.74 Å². The van der Waals surface area contributed by atoms with Gasteiger partial charge in [-0.15, -0.1) is 0 Å². The molecule has 2 aromatic rings. The van der Waals surface area contributed by atoms with Gasteiger partial charge in [0.2, 0.25) is 0 Å². The Bertz CT molecular complexity index is 618. The predicted molar refractivity (Wildman–Crippen MR) is 82.4 cm³/mol. The summed E-state index contributed by atoms with van der Waals surface area (Å²) in [6.45, 7) is 4.49. The standard InChI is InChI=1S/C18H20O3/c1-13-9-10-17(14(2)16(13)11-18(19)20-3)21-12-15-7-5-4-6-8-15/h4-10H,11-12H2,1-3H3. The Morgan fingerprint density at radius 2 is 1.76 bits per heavy atom. The Hall–Kier alpha value is -2.29. The van der Waals surface area contributed by atoms with Crippen LogP contribution in [0.15, 0.2) is 42.5 Å². The maximum Gasteiger partial charge on any atom is 0.309 e. The van der Waals surface area contributed by atoms with Crippen LogP contribution in [0, 0.1) is 13.8 Å². The molecule has 0 N–H and O–H groups in total. The van der Waals surface area contributed by atoms with Gasteiger partial charge in [0.05, 0.1) is 13.5 Å². The number of aryl methyl sites for hydroxylation is 1. The second kappa shape index (κ2) is 6.93. The second-order valence-corrected chi connectivity index (χ2v) is 5.01. The van der Waals surface area contributed by atoms with Gasteiger partial charge in [0.1, 0.15) is 12.4 Å². The first-order valence-electron chi connectivity index (χ1n) is 6.94. The summed E-state index contributed by atoms with van der Waals surface area (Å²) in [5.74, 6) is 0.574. The molecule has 0 saturated heterocycles. The lowest BCUT2D eigenvalue weighted by Crippen LogP contribution is -2.08. The molecule has 0 unspecified atom stereocenters. The summed E-state index contributed by atoms with van der Waals surface area (Å²) in [6, 6.07) is 13.9. The molecule has 0 spiro atoms. The minimum atomic E-state index is -0.235. The molecule has 0 aliphatic heterocycles. The van der Waals surface area contributed by atoms with Gasteiger partial charge >= 0.3 is 5.97 Å². The molecule has 21 heavy (non-hydrogen) atoms. The molecule has 0 saturated carbocycles. The molecule has 0 amide bonds. The van der Waals surface area contributed by atoms with E-state index >= 15 is 0 Å². The van der Waals surface area contributed by atoms with E-state index in [1.54, 1.807) is 0 Å². The smallest absolute Gasteiger partial charge is 0.309 e. The molecule has 0 fully saturated rings. The summed E-state index contributed by atoms with van der Waals surface area (Å²) in [5, 5.41) is 0. The fourth-order valence-corrected chi connectivity index (χ4v) is 2.25.